The van der Waals surface area contributed by atoms with Crippen molar-refractivity contribution >= 4 is 10.9 Å². The molecule has 0 amide bonds. The maximum absolute atomic E-state index is 5.28. The number of hydrogen-bond donors (Lipinski definition) is 1. The van der Waals surface area contributed by atoms with E-state index in [0.29, 0.717) is 0 Å². The summed E-state index contributed by atoms with van der Waals surface area (Å²) in [6, 6.07) is 1.96. The molecule has 0 saturated carbocycles. The monoisotopic (exact) mass is 243 g/mol. The molecule has 0 aliphatic rings. The Morgan fingerprint density at radius 3 is 3.00 bits per heavy atom. The van der Waals surface area contributed by atoms with Gasteiger partial charge < -0.3 is 9.72 Å². The highest BCUT2D eigenvalue weighted by atomic mass is 16.5. The summed E-state index contributed by atoms with van der Waals surface area (Å²) in [5, 5.41) is 5.35. The number of aromatic amines is 1. The normalized spacial score (nSPS) is 11.0. The standard InChI is InChI=1S/C12H13N5O/c1-3-10-15-7-17(16-10)12-11-8(4-5-13-11)9(18-2)6-14-12/h4-7,13H,3H2,1-2H3. The molecule has 0 aliphatic carbocycles. The van der Waals surface area contributed by atoms with Crippen molar-refractivity contribution in [2.45, 2.75) is 13.3 Å². The highest BCUT2D eigenvalue weighted by Gasteiger charge is 2.11. The Hall–Kier alpha value is -2.37. The van der Waals surface area contributed by atoms with Gasteiger partial charge in [0.25, 0.3) is 0 Å². The maximum Gasteiger partial charge on any atom is 0.179 e. The van der Waals surface area contributed by atoms with Gasteiger partial charge in [-0.25, -0.2) is 14.6 Å². The summed E-state index contributed by atoms with van der Waals surface area (Å²) >= 11 is 0. The van der Waals surface area contributed by atoms with E-state index in [9.17, 15) is 0 Å². The van der Waals surface area contributed by atoms with Crippen LogP contribution in [0.15, 0.2) is 24.8 Å². The van der Waals surface area contributed by atoms with E-state index >= 15 is 0 Å². The molecular weight excluding hydrogens is 230 g/mol. The van der Waals surface area contributed by atoms with Crippen LogP contribution in [0.4, 0.5) is 0 Å². The van der Waals surface area contributed by atoms with Gasteiger partial charge in [0.15, 0.2) is 11.6 Å². The molecule has 92 valence electrons. The summed E-state index contributed by atoms with van der Waals surface area (Å²) in [5.41, 5.74) is 0.891. The lowest BCUT2D eigenvalue weighted by molar-refractivity contribution is 0.418. The molecule has 0 fully saturated rings. The van der Waals surface area contributed by atoms with Crippen LogP contribution in [0.3, 0.4) is 0 Å². The summed E-state index contributed by atoms with van der Waals surface area (Å²) in [7, 11) is 1.63. The number of aromatic nitrogens is 5. The zero-order valence-electron chi connectivity index (χ0n) is 10.2. The van der Waals surface area contributed by atoms with Gasteiger partial charge in [-0.15, -0.1) is 5.10 Å². The Morgan fingerprint density at radius 2 is 2.28 bits per heavy atom. The van der Waals surface area contributed by atoms with Gasteiger partial charge in [-0.2, -0.15) is 0 Å². The minimum absolute atomic E-state index is 0.725. The summed E-state index contributed by atoms with van der Waals surface area (Å²) in [5.74, 6) is 2.26. The maximum atomic E-state index is 5.28. The predicted octanol–water partition coefficient (Wildman–Crippen LogP) is 1.71. The molecule has 0 spiro atoms. The highest BCUT2D eigenvalue weighted by molar-refractivity contribution is 5.90. The Morgan fingerprint density at radius 1 is 1.39 bits per heavy atom. The molecular formula is C12H13N5O. The molecule has 3 aromatic heterocycles. The van der Waals surface area contributed by atoms with Crippen molar-refractivity contribution in [3.05, 3.63) is 30.6 Å². The molecule has 0 radical (unpaired) electrons. The fourth-order valence-electron chi connectivity index (χ4n) is 1.91. The fraction of sp³-hybridized carbons (Fsp3) is 0.250. The lowest BCUT2D eigenvalue weighted by atomic mass is 10.3. The lowest BCUT2D eigenvalue weighted by Gasteiger charge is -2.05. The third kappa shape index (κ3) is 1.54. The van der Waals surface area contributed by atoms with E-state index in [4.69, 9.17) is 4.74 Å². The molecule has 3 heterocycles. The number of nitrogens with one attached hydrogen (secondary N) is 1. The van der Waals surface area contributed by atoms with Gasteiger partial charge in [0.2, 0.25) is 0 Å². The molecule has 0 unspecified atom stereocenters. The van der Waals surface area contributed by atoms with Crippen molar-refractivity contribution < 1.29 is 4.74 Å². The van der Waals surface area contributed by atoms with Crippen LogP contribution in [0.2, 0.25) is 0 Å². The highest BCUT2D eigenvalue weighted by Crippen LogP contribution is 2.27. The first-order valence-corrected chi connectivity index (χ1v) is 5.74. The zero-order valence-corrected chi connectivity index (χ0v) is 10.2. The summed E-state index contributed by atoms with van der Waals surface area (Å²) < 4.78 is 6.95. The first-order chi connectivity index (χ1) is 8.83. The first-order valence-electron chi connectivity index (χ1n) is 5.74. The second-order valence-corrected chi connectivity index (χ2v) is 3.88. The number of methoxy groups -OCH3 is 1. The summed E-state index contributed by atoms with van der Waals surface area (Å²) in [6.07, 6.45) is 6.03. The number of fused-ring (bicyclic) bond motifs is 1. The van der Waals surface area contributed by atoms with E-state index in [-0.39, 0.29) is 0 Å². The van der Waals surface area contributed by atoms with Gasteiger partial charge in [0.1, 0.15) is 12.1 Å². The molecule has 3 aromatic rings. The van der Waals surface area contributed by atoms with Crippen molar-refractivity contribution in [2.24, 2.45) is 0 Å². The van der Waals surface area contributed by atoms with Gasteiger partial charge in [0, 0.05) is 18.0 Å². The van der Waals surface area contributed by atoms with E-state index in [1.54, 1.807) is 24.3 Å². The molecule has 6 nitrogen and oxygen atoms in total. The smallest absolute Gasteiger partial charge is 0.179 e. The molecule has 0 saturated heterocycles. The largest absolute Gasteiger partial charge is 0.494 e. The van der Waals surface area contributed by atoms with Crippen molar-refractivity contribution in [1.82, 2.24) is 24.7 Å². The Kier molecular flexibility index (Phi) is 2.47. The topological polar surface area (TPSA) is 68.6 Å². The van der Waals surface area contributed by atoms with Gasteiger partial charge in [-0.3, -0.25) is 0 Å². The summed E-state index contributed by atoms with van der Waals surface area (Å²) in [6.45, 7) is 2.02. The van der Waals surface area contributed by atoms with Crippen LogP contribution in [0.1, 0.15) is 12.7 Å². The number of rotatable bonds is 3. The Labute approximate surface area is 104 Å². The lowest BCUT2D eigenvalue weighted by Crippen LogP contribution is -2.01. The van der Waals surface area contributed by atoms with Crippen LogP contribution in [0, 0.1) is 0 Å². The van der Waals surface area contributed by atoms with E-state index in [0.717, 1.165) is 34.7 Å². The minimum Gasteiger partial charge on any atom is -0.494 e. The first kappa shape index (κ1) is 10.8. The number of aryl methyl sites for hydroxylation is 1. The third-order valence-electron chi connectivity index (χ3n) is 2.83. The summed E-state index contributed by atoms with van der Waals surface area (Å²) in [4.78, 5) is 11.7. The molecule has 0 aliphatic heterocycles. The van der Waals surface area contributed by atoms with Crippen molar-refractivity contribution in [3.8, 4) is 11.6 Å². The van der Waals surface area contributed by atoms with E-state index in [1.165, 1.54) is 0 Å². The van der Waals surface area contributed by atoms with Crippen LogP contribution in [0.5, 0.6) is 5.75 Å². The van der Waals surface area contributed by atoms with Crippen LogP contribution < -0.4 is 4.74 Å². The number of hydrogen-bond acceptors (Lipinski definition) is 4. The third-order valence-corrected chi connectivity index (χ3v) is 2.83. The van der Waals surface area contributed by atoms with E-state index in [2.05, 4.69) is 20.1 Å². The Bertz CT molecular complexity index is 685. The average Bonchev–Trinajstić information content (AvgIpc) is 3.06. The quantitative estimate of drug-likeness (QED) is 0.760. The zero-order chi connectivity index (χ0) is 12.5. The van der Waals surface area contributed by atoms with Crippen molar-refractivity contribution in [1.29, 1.82) is 0 Å². The molecule has 0 aromatic carbocycles. The Balaban J connectivity index is 2.20. The van der Waals surface area contributed by atoms with Crippen LogP contribution in [-0.4, -0.2) is 31.8 Å². The number of H-pyrrole nitrogens is 1. The molecule has 18 heavy (non-hydrogen) atoms. The van der Waals surface area contributed by atoms with Gasteiger partial charge in [-0.1, -0.05) is 6.92 Å². The average molecular weight is 243 g/mol. The van der Waals surface area contributed by atoms with E-state index in [1.807, 2.05) is 19.2 Å². The second-order valence-electron chi connectivity index (χ2n) is 3.88. The molecule has 0 bridgehead atoms. The molecule has 3 rings (SSSR count). The van der Waals surface area contributed by atoms with E-state index < -0.39 is 0 Å². The molecule has 1 N–H and O–H groups in total. The van der Waals surface area contributed by atoms with Crippen LogP contribution >= 0.6 is 0 Å². The fourth-order valence-corrected chi connectivity index (χ4v) is 1.91. The SMILES string of the molecule is CCc1ncn(-c2ncc(OC)c3cc[nH]c23)n1. The number of nitrogens with zero attached hydrogens (tertiary/aromatic N) is 4. The minimum atomic E-state index is 0.725. The van der Waals surface area contributed by atoms with Crippen LogP contribution in [0.25, 0.3) is 16.7 Å². The van der Waals surface area contributed by atoms with Crippen molar-refractivity contribution in [2.75, 3.05) is 7.11 Å². The van der Waals surface area contributed by atoms with Gasteiger partial charge in [-0.05, 0) is 6.07 Å². The molecule has 6 heteroatoms. The second kappa shape index (κ2) is 4.14. The van der Waals surface area contributed by atoms with Crippen molar-refractivity contribution in [3.63, 3.8) is 0 Å². The van der Waals surface area contributed by atoms with Crippen LogP contribution in [-0.2, 0) is 6.42 Å². The van der Waals surface area contributed by atoms with Gasteiger partial charge >= 0.3 is 0 Å². The van der Waals surface area contributed by atoms with Gasteiger partial charge in [0.05, 0.1) is 18.8 Å². The number of ether oxygens (including phenoxy) is 1. The predicted molar refractivity (Wildman–Crippen MR) is 66.9 cm³/mol. The molecule has 0 atom stereocenters. The number of pyridine rings is 1.